The van der Waals surface area contributed by atoms with Gasteiger partial charge in [-0.15, -0.1) is 0 Å². The highest BCUT2D eigenvalue weighted by Gasteiger charge is 2.36. The summed E-state index contributed by atoms with van der Waals surface area (Å²) in [5.74, 6) is 0.721. The molecule has 4 unspecified atom stereocenters. The van der Waals surface area contributed by atoms with Crippen molar-refractivity contribution in [3.63, 3.8) is 0 Å². The maximum Gasteiger partial charge on any atom is 0.0508 e. The third-order valence-electron chi connectivity index (χ3n) is 7.01. The van der Waals surface area contributed by atoms with Crippen molar-refractivity contribution in [3.8, 4) is 0 Å². The van der Waals surface area contributed by atoms with Gasteiger partial charge in [-0.05, 0) is 74.9 Å². The minimum absolute atomic E-state index is 0.350. The molecule has 0 aliphatic heterocycles. The molecule has 2 heteroatoms. The Kier molecular flexibility index (Phi) is 3.12. The first-order chi connectivity index (χ1) is 13.7. The van der Waals surface area contributed by atoms with Gasteiger partial charge in [0.15, 0.2) is 0 Å². The van der Waals surface area contributed by atoms with Crippen molar-refractivity contribution in [2.24, 2.45) is 17.4 Å². The van der Waals surface area contributed by atoms with Crippen LogP contribution in [0.25, 0.3) is 34.1 Å². The number of rotatable bonds is 0. The highest BCUT2D eigenvalue weighted by Crippen LogP contribution is 2.49. The van der Waals surface area contributed by atoms with Crippen molar-refractivity contribution in [3.05, 3.63) is 81.8 Å². The van der Waals surface area contributed by atoms with Gasteiger partial charge < -0.3 is 11.5 Å². The molecular weight excluding hydrogens is 352 g/mol. The fraction of sp³-hybridized carbons (Fsp3) is 0.259. The molecule has 4 aliphatic rings. The van der Waals surface area contributed by atoms with Crippen molar-refractivity contribution in [2.45, 2.75) is 37.8 Å². The molecule has 0 heterocycles. The zero-order valence-electron chi connectivity index (χ0n) is 17.2. The van der Waals surface area contributed by atoms with Crippen molar-refractivity contribution >= 4 is 34.1 Å². The summed E-state index contributed by atoms with van der Waals surface area (Å²) in [7, 11) is 0. The first-order valence-corrected chi connectivity index (χ1v) is 10.5. The van der Waals surface area contributed by atoms with Crippen LogP contribution in [0, 0.1) is 5.92 Å². The molecule has 0 saturated carbocycles. The van der Waals surface area contributed by atoms with Gasteiger partial charge in [-0.1, -0.05) is 67.7 Å². The Bertz CT molecular complexity index is 1360. The SMILES string of the molecule is CC1C2=CC(C)(N)C=Cc3ccc4cc5c6c(c4c32)C1C=CC=6C=CC(C)(N)C=5. The predicted molar refractivity (Wildman–Crippen MR) is 123 cm³/mol. The van der Waals surface area contributed by atoms with Crippen LogP contribution < -0.4 is 21.9 Å². The quantitative estimate of drug-likeness (QED) is 0.737. The van der Waals surface area contributed by atoms with Crippen LogP contribution in [0.1, 0.15) is 43.4 Å². The van der Waals surface area contributed by atoms with E-state index in [2.05, 4.69) is 87.6 Å². The van der Waals surface area contributed by atoms with Gasteiger partial charge in [0.2, 0.25) is 0 Å². The summed E-state index contributed by atoms with van der Waals surface area (Å²) in [4.78, 5) is 0. The summed E-state index contributed by atoms with van der Waals surface area (Å²) in [6, 6.07) is 6.83. The molecule has 2 nitrogen and oxygen atoms in total. The second-order valence-electron chi connectivity index (χ2n) is 9.65. The van der Waals surface area contributed by atoms with Crippen LogP contribution in [0.15, 0.2) is 54.7 Å². The molecule has 4 aliphatic carbocycles. The van der Waals surface area contributed by atoms with E-state index in [0.717, 1.165) is 0 Å². The molecule has 29 heavy (non-hydrogen) atoms. The molecule has 0 radical (unpaired) electrons. The van der Waals surface area contributed by atoms with Crippen LogP contribution in [0.5, 0.6) is 0 Å². The van der Waals surface area contributed by atoms with Gasteiger partial charge in [0.25, 0.3) is 0 Å². The van der Waals surface area contributed by atoms with E-state index in [1.165, 1.54) is 49.0 Å². The molecule has 0 aromatic heterocycles. The van der Waals surface area contributed by atoms with Gasteiger partial charge in [0.05, 0.1) is 11.1 Å². The summed E-state index contributed by atoms with van der Waals surface area (Å²) in [6.45, 7) is 6.50. The van der Waals surface area contributed by atoms with Crippen LogP contribution >= 0.6 is 0 Å². The highest BCUT2D eigenvalue weighted by atomic mass is 14.7. The van der Waals surface area contributed by atoms with Gasteiger partial charge in [0.1, 0.15) is 0 Å². The highest BCUT2D eigenvalue weighted by molar-refractivity contribution is 6.04. The third-order valence-corrected chi connectivity index (χ3v) is 7.01. The zero-order chi connectivity index (χ0) is 20.1. The summed E-state index contributed by atoms with van der Waals surface area (Å²) in [5, 5.41) is 5.29. The van der Waals surface area contributed by atoms with Crippen LogP contribution in [0.2, 0.25) is 0 Å². The largest absolute Gasteiger partial charge is 0.319 e. The van der Waals surface area contributed by atoms with Crippen molar-refractivity contribution in [2.75, 3.05) is 0 Å². The van der Waals surface area contributed by atoms with Gasteiger partial charge >= 0.3 is 0 Å². The number of hydrogen-bond acceptors (Lipinski definition) is 2. The van der Waals surface area contributed by atoms with Crippen molar-refractivity contribution in [1.29, 1.82) is 0 Å². The van der Waals surface area contributed by atoms with Gasteiger partial charge in [0, 0.05) is 5.92 Å². The summed E-state index contributed by atoms with van der Waals surface area (Å²) in [5.41, 5.74) is 19.0. The van der Waals surface area contributed by atoms with Crippen LogP contribution in [0.3, 0.4) is 0 Å². The Hall–Kier alpha value is -2.68. The molecule has 2 aromatic rings. The monoisotopic (exact) mass is 378 g/mol. The standard InChI is InChI=1S/C27H26N2/c1-15-20-7-6-16-8-10-26(2,28)13-19-12-18-5-4-17-9-11-27(3,29)14-21(15)23(17)24(18)25(20)22(16)19/h4-15,20H,28-29H2,1-3H3. The average molecular weight is 379 g/mol. The Morgan fingerprint density at radius 1 is 0.931 bits per heavy atom. The maximum atomic E-state index is 6.59. The molecule has 0 spiro atoms. The Morgan fingerprint density at radius 3 is 2.52 bits per heavy atom. The van der Waals surface area contributed by atoms with Crippen LogP contribution in [-0.4, -0.2) is 11.1 Å². The second-order valence-corrected chi connectivity index (χ2v) is 9.65. The second kappa shape index (κ2) is 5.27. The summed E-state index contributed by atoms with van der Waals surface area (Å²) in [6.07, 6.45) is 17.8. The summed E-state index contributed by atoms with van der Waals surface area (Å²) >= 11 is 0. The Morgan fingerprint density at radius 2 is 1.69 bits per heavy atom. The van der Waals surface area contributed by atoms with Crippen molar-refractivity contribution in [1.82, 2.24) is 0 Å². The Labute approximate surface area is 171 Å². The first-order valence-electron chi connectivity index (χ1n) is 10.5. The lowest BCUT2D eigenvalue weighted by Crippen LogP contribution is -2.40. The molecular formula is C27H26N2. The Balaban J connectivity index is 1.89. The molecule has 144 valence electrons. The van der Waals surface area contributed by atoms with Gasteiger partial charge in [-0.25, -0.2) is 0 Å². The summed E-state index contributed by atoms with van der Waals surface area (Å²) < 4.78 is 0. The lowest BCUT2D eigenvalue weighted by Gasteiger charge is -2.36. The third kappa shape index (κ3) is 2.30. The predicted octanol–water partition coefficient (Wildman–Crippen LogP) is 3.49. The van der Waals surface area contributed by atoms with E-state index in [0.29, 0.717) is 11.8 Å². The molecule has 4 atom stereocenters. The lowest BCUT2D eigenvalue weighted by atomic mass is 9.68. The fourth-order valence-corrected chi connectivity index (χ4v) is 5.66. The molecule has 0 saturated heterocycles. The molecule has 0 fully saturated rings. The maximum absolute atomic E-state index is 6.59. The van der Waals surface area contributed by atoms with Gasteiger partial charge in [-0.3, -0.25) is 0 Å². The molecule has 0 bridgehead atoms. The number of allylic oxidation sites excluding steroid dienone is 4. The fourth-order valence-electron chi connectivity index (χ4n) is 5.66. The smallest absolute Gasteiger partial charge is 0.0508 e. The number of nitrogens with two attached hydrogens (primary N) is 2. The minimum atomic E-state index is -0.453. The molecule has 0 amide bonds. The minimum Gasteiger partial charge on any atom is -0.319 e. The van der Waals surface area contributed by atoms with E-state index in [9.17, 15) is 0 Å². The van der Waals surface area contributed by atoms with Crippen LogP contribution in [0.4, 0.5) is 0 Å². The van der Waals surface area contributed by atoms with E-state index in [1.807, 2.05) is 0 Å². The van der Waals surface area contributed by atoms with E-state index in [-0.39, 0.29) is 0 Å². The van der Waals surface area contributed by atoms with E-state index in [1.54, 1.807) is 0 Å². The van der Waals surface area contributed by atoms with E-state index < -0.39 is 11.1 Å². The molecule has 2 aromatic carbocycles. The number of hydrogen-bond donors (Lipinski definition) is 2. The van der Waals surface area contributed by atoms with E-state index in [4.69, 9.17) is 11.5 Å². The van der Waals surface area contributed by atoms with E-state index >= 15 is 0 Å². The van der Waals surface area contributed by atoms with Crippen molar-refractivity contribution < 1.29 is 0 Å². The van der Waals surface area contributed by atoms with Crippen LogP contribution in [-0.2, 0) is 0 Å². The number of benzene rings is 2. The van der Waals surface area contributed by atoms with Gasteiger partial charge in [-0.2, -0.15) is 0 Å². The first kappa shape index (κ1) is 17.2. The normalized spacial score (nSPS) is 33.3. The average Bonchev–Trinajstić information content (AvgIpc) is 2.89. The topological polar surface area (TPSA) is 52.0 Å². The molecule has 4 N–H and O–H groups in total. The lowest BCUT2D eigenvalue weighted by molar-refractivity contribution is 0.639. The molecule has 6 rings (SSSR count). The zero-order valence-corrected chi connectivity index (χ0v) is 17.2.